The van der Waals surface area contributed by atoms with Gasteiger partial charge in [0.15, 0.2) is 5.82 Å². The lowest BCUT2D eigenvalue weighted by molar-refractivity contribution is 0.0341. The average Bonchev–Trinajstić information content (AvgIpc) is 3.18. The second kappa shape index (κ2) is 5.05. The molecule has 7 nitrogen and oxygen atoms in total. The molecule has 108 valence electrons. The number of ether oxygens (including phenoxy) is 1. The van der Waals surface area contributed by atoms with Crippen molar-refractivity contribution in [3.8, 4) is 0 Å². The van der Waals surface area contributed by atoms with E-state index in [2.05, 4.69) is 42.4 Å². The van der Waals surface area contributed by atoms with E-state index >= 15 is 0 Å². The molecule has 21 heavy (non-hydrogen) atoms. The summed E-state index contributed by atoms with van der Waals surface area (Å²) >= 11 is 1.65. The van der Waals surface area contributed by atoms with Crippen molar-refractivity contribution in [3.63, 3.8) is 0 Å². The fourth-order valence-corrected chi connectivity index (χ4v) is 3.50. The first-order valence-corrected chi connectivity index (χ1v) is 7.61. The fraction of sp³-hybridized carbons (Fsp3) is 0.385. The number of rotatable bonds is 2. The van der Waals surface area contributed by atoms with Gasteiger partial charge in [-0.1, -0.05) is 0 Å². The monoisotopic (exact) mass is 302 g/mol. The number of thiophene rings is 1. The van der Waals surface area contributed by atoms with Crippen LogP contribution in [0, 0.1) is 6.92 Å². The number of nitrogens with zero attached hydrogens (tertiary/aromatic N) is 5. The summed E-state index contributed by atoms with van der Waals surface area (Å²) in [6.45, 7) is 4.25. The molecule has 1 unspecified atom stereocenters. The number of H-pyrrole nitrogens is 1. The first kappa shape index (κ1) is 12.7. The van der Waals surface area contributed by atoms with Gasteiger partial charge < -0.3 is 9.64 Å². The van der Waals surface area contributed by atoms with Gasteiger partial charge in [0.2, 0.25) is 0 Å². The van der Waals surface area contributed by atoms with Crippen LogP contribution in [-0.2, 0) is 4.74 Å². The quantitative estimate of drug-likeness (QED) is 0.776. The molecule has 4 rings (SSSR count). The molecule has 8 heteroatoms. The Morgan fingerprint density at radius 2 is 2.29 bits per heavy atom. The molecule has 0 aromatic carbocycles. The van der Waals surface area contributed by atoms with Crippen molar-refractivity contribution < 1.29 is 4.74 Å². The van der Waals surface area contributed by atoms with Crippen molar-refractivity contribution in [2.24, 2.45) is 0 Å². The first-order valence-electron chi connectivity index (χ1n) is 6.73. The van der Waals surface area contributed by atoms with Gasteiger partial charge in [-0.15, -0.1) is 11.3 Å². The van der Waals surface area contributed by atoms with Crippen molar-refractivity contribution in [3.05, 3.63) is 29.4 Å². The largest absolute Gasteiger partial charge is 0.367 e. The summed E-state index contributed by atoms with van der Waals surface area (Å²) in [5.41, 5.74) is 1.22. The highest BCUT2D eigenvalue weighted by Gasteiger charge is 2.26. The Hall–Kier alpha value is -2.06. The Kier molecular flexibility index (Phi) is 3.04. The molecule has 3 aromatic heterocycles. The summed E-state index contributed by atoms with van der Waals surface area (Å²) in [6.07, 6.45) is 3.03. The summed E-state index contributed by atoms with van der Waals surface area (Å²) in [7, 11) is 0. The van der Waals surface area contributed by atoms with Crippen LogP contribution in [0.25, 0.3) is 10.2 Å². The number of hydrogen-bond acceptors (Lipinski definition) is 7. The molecular weight excluding hydrogens is 288 g/mol. The number of fused-ring (bicyclic) bond motifs is 1. The highest BCUT2D eigenvalue weighted by molar-refractivity contribution is 7.17. The zero-order valence-electron chi connectivity index (χ0n) is 11.5. The van der Waals surface area contributed by atoms with E-state index in [1.165, 1.54) is 11.9 Å². The predicted molar refractivity (Wildman–Crippen MR) is 79.4 cm³/mol. The third-order valence-electron chi connectivity index (χ3n) is 3.64. The SMILES string of the molecule is Cc1csc2ncnc(N3CCOC(c4ncn[nH]4)C3)c12. The summed E-state index contributed by atoms with van der Waals surface area (Å²) in [5.74, 6) is 1.73. The van der Waals surface area contributed by atoms with Crippen molar-refractivity contribution in [1.82, 2.24) is 25.1 Å². The van der Waals surface area contributed by atoms with E-state index in [-0.39, 0.29) is 6.10 Å². The van der Waals surface area contributed by atoms with Gasteiger partial charge in [0.1, 0.15) is 29.4 Å². The lowest BCUT2D eigenvalue weighted by atomic mass is 10.2. The van der Waals surface area contributed by atoms with Crippen LogP contribution in [0.1, 0.15) is 17.5 Å². The summed E-state index contributed by atoms with van der Waals surface area (Å²) in [4.78, 5) is 16.3. The van der Waals surface area contributed by atoms with E-state index in [0.29, 0.717) is 13.2 Å². The standard InChI is InChI=1S/C13H14N6OS/c1-8-5-21-13-10(8)12(15-6-16-13)19-2-3-20-9(4-19)11-14-7-17-18-11/h5-7,9H,2-4H2,1H3,(H,14,17,18). The second-order valence-electron chi connectivity index (χ2n) is 4.97. The lowest BCUT2D eigenvalue weighted by Gasteiger charge is -2.33. The maximum absolute atomic E-state index is 5.78. The number of aryl methyl sites for hydroxylation is 1. The van der Waals surface area contributed by atoms with Crippen LogP contribution >= 0.6 is 11.3 Å². The maximum atomic E-state index is 5.78. The minimum absolute atomic E-state index is 0.106. The van der Waals surface area contributed by atoms with Crippen LogP contribution in [0.3, 0.4) is 0 Å². The Morgan fingerprint density at radius 3 is 3.14 bits per heavy atom. The zero-order valence-corrected chi connectivity index (χ0v) is 12.3. The molecule has 0 radical (unpaired) electrons. The molecule has 4 heterocycles. The molecule has 0 aliphatic carbocycles. The van der Waals surface area contributed by atoms with E-state index in [1.54, 1.807) is 17.7 Å². The van der Waals surface area contributed by atoms with Crippen molar-refractivity contribution in [2.75, 3.05) is 24.6 Å². The summed E-state index contributed by atoms with van der Waals surface area (Å²) in [6, 6.07) is 0. The molecule has 0 spiro atoms. The second-order valence-corrected chi connectivity index (χ2v) is 5.83. The van der Waals surface area contributed by atoms with Gasteiger partial charge in [-0.05, 0) is 17.9 Å². The number of aromatic nitrogens is 5. The minimum atomic E-state index is -0.106. The van der Waals surface area contributed by atoms with Gasteiger partial charge >= 0.3 is 0 Å². The molecule has 1 N–H and O–H groups in total. The third kappa shape index (κ3) is 2.16. The van der Waals surface area contributed by atoms with Crippen LogP contribution in [0.5, 0.6) is 0 Å². The topological polar surface area (TPSA) is 79.8 Å². The minimum Gasteiger partial charge on any atom is -0.367 e. The normalized spacial score (nSPS) is 19.3. The van der Waals surface area contributed by atoms with E-state index in [1.807, 2.05) is 0 Å². The number of aromatic amines is 1. The van der Waals surface area contributed by atoms with E-state index < -0.39 is 0 Å². The molecule has 1 aliphatic rings. The van der Waals surface area contributed by atoms with Gasteiger partial charge in [0.05, 0.1) is 18.5 Å². The van der Waals surface area contributed by atoms with E-state index in [9.17, 15) is 0 Å². The Bertz CT molecular complexity index is 755. The first-order chi connectivity index (χ1) is 10.3. The Labute approximate surface area is 125 Å². The van der Waals surface area contributed by atoms with Gasteiger partial charge in [0.25, 0.3) is 0 Å². The van der Waals surface area contributed by atoms with Crippen LogP contribution in [-0.4, -0.2) is 44.8 Å². The molecule has 0 saturated carbocycles. The van der Waals surface area contributed by atoms with Gasteiger partial charge in [-0.3, -0.25) is 5.10 Å². The third-order valence-corrected chi connectivity index (χ3v) is 4.64. The molecule has 0 bridgehead atoms. The highest BCUT2D eigenvalue weighted by Crippen LogP contribution is 2.32. The molecular formula is C13H14N6OS. The average molecular weight is 302 g/mol. The van der Waals surface area contributed by atoms with Crippen molar-refractivity contribution >= 4 is 27.4 Å². The van der Waals surface area contributed by atoms with Crippen molar-refractivity contribution in [2.45, 2.75) is 13.0 Å². The van der Waals surface area contributed by atoms with Crippen molar-refractivity contribution in [1.29, 1.82) is 0 Å². The van der Waals surface area contributed by atoms with E-state index in [4.69, 9.17) is 4.74 Å². The number of nitrogens with one attached hydrogen (secondary N) is 1. The molecule has 1 atom stereocenters. The molecule has 1 aliphatic heterocycles. The van der Waals surface area contributed by atoms with Gasteiger partial charge in [-0.2, -0.15) is 5.10 Å². The molecule has 3 aromatic rings. The van der Waals surface area contributed by atoms with E-state index in [0.717, 1.165) is 28.4 Å². The number of hydrogen-bond donors (Lipinski definition) is 1. The Balaban J connectivity index is 1.70. The number of anilines is 1. The van der Waals surface area contributed by atoms with Crippen LogP contribution < -0.4 is 4.90 Å². The summed E-state index contributed by atoms with van der Waals surface area (Å²) in [5, 5.41) is 10.0. The van der Waals surface area contributed by atoms with Gasteiger partial charge in [0, 0.05) is 6.54 Å². The predicted octanol–water partition coefficient (Wildman–Crippen LogP) is 1.70. The maximum Gasteiger partial charge on any atom is 0.155 e. The molecule has 0 amide bonds. The summed E-state index contributed by atoms with van der Waals surface area (Å²) < 4.78 is 5.78. The zero-order chi connectivity index (χ0) is 14.2. The number of morpholine rings is 1. The highest BCUT2D eigenvalue weighted by atomic mass is 32.1. The Morgan fingerprint density at radius 1 is 1.33 bits per heavy atom. The van der Waals surface area contributed by atoms with Crippen LogP contribution in [0.15, 0.2) is 18.0 Å². The van der Waals surface area contributed by atoms with Crippen LogP contribution in [0.4, 0.5) is 5.82 Å². The smallest absolute Gasteiger partial charge is 0.155 e. The molecule has 1 fully saturated rings. The lowest BCUT2D eigenvalue weighted by Crippen LogP contribution is -2.39. The van der Waals surface area contributed by atoms with Gasteiger partial charge in [-0.25, -0.2) is 15.0 Å². The van der Waals surface area contributed by atoms with Crippen LogP contribution in [0.2, 0.25) is 0 Å². The fourth-order valence-electron chi connectivity index (χ4n) is 2.62. The molecule has 1 saturated heterocycles.